The first-order valence-corrected chi connectivity index (χ1v) is 9.22. The van der Waals surface area contributed by atoms with Gasteiger partial charge in [-0.1, -0.05) is 36.4 Å². The van der Waals surface area contributed by atoms with Crippen LogP contribution in [0.15, 0.2) is 53.5 Å². The molecule has 1 heterocycles. The van der Waals surface area contributed by atoms with Gasteiger partial charge in [0, 0.05) is 26.6 Å². The van der Waals surface area contributed by atoms with Crippen LogP contribution < -0.4 is 20.1 Å². The maximum Gasteiger partial charge on any atom is 0.191 e. The SMILES string of the molecule is CN=C(NCCCc1ccccc1)NCc1ccc2c(c1)OCCCO2. The van der Waals surface area contributed by atoms with Crippen LogP contribution in [-0.4, -0.2) is 32.8 Å². The summed E-state index contributed by atoms with van der Waals surface area (Å²) in [4.78, 5) is 4.29. The van der Waals surface area contributed by atoms with E-state index in [1.54, 1.807) is 7.05 Å². The number of aryl methyl sites for hydroxylation is 1. The molecule has 2 aromatic carbocycles. The summed E-state index contributed by atoms with van der Waals surface area (Å²) in [6.45, 7) is 2.99. The van der Waals surface area contributed by atoms with Gasteiger partial charge in [-0.25, -0.2) is 0 Å². The van der Waals surface area contributed by atoms with Crippen molar-refractivity contribution in [3.63, 3.8) is 0 Å². The molecule has 0 bridgehead atoms. The van der Waals surface area contributed by atoms with Crippen molar-refractivity contribution in [1.82, 2.24) is 10.6 Å². The molecule has 0 unspecified atom stereocenters. The number of aliphatic imine (C=N–C) groups is 1. The van der Waals surface area contributed by atoms with Crippen molar-refractivity contribution in [3.8, 4) is 11.5 Å². The molecule has 0 fully saturated rings. The summed E-state index contributed by atoms with van der Waals surface area (Å²) in [6.07, 6.45) is 3.05. The van der Waals surface area contributed by atoms with Gasteiger partial charge in [-0.15, -0.1) is 0 Å². The Morgan fingerprint density at radius 3 is 2.58 bits per heavy atom. The molecule has 2 aromatic rings. The normalized spacial score (nSPS) is 13.8. The van der Waals surface area contributed by atoms with Gasteiger partial charge in [-0.2, -0.15) is 0 Å². The molecule has 26 heavy (non-hydrogen) atoms. The van der Waals surface area contributed by atoms with Crippen molar-refractivity contribution >= 4 is 5.96 Å². The molecule has 0 aliphatic carbocycles. The Balaban J connectivity index is 1.43. The molecule has 0 amide bonds. The molecule has 2 N–H and O–H groups in total. The number of benzene rings is 2. The molecule has 3 rings (SSSR count). The van der Waals surface area contributed by atoms with E-state index in [9.17, 15) is 0 Å². The fourth-order valence-electron chi connectivity index (χ4n) is 2.87. The molecule has 0 aromatic heterocycles. The highest BCUT2D eigenvalue weighted by Crippen LogP contribution is 2.30. The van der Waals surface area contributed by atoms with E-state index in [-0.39, 0.29) is 0 Å². The van der Waals surface area contributed by atoms with E-state index in [2.05, 4.69) is 46.0 Å². The monoisotopic (exact) mass is 353 g/mol. The Bertz CT molecular complexity index is 716. The minimum atomic E-state index is 0.689. The third-order valence-corrected chi connectivity index (χ3v) is 4.27. The summed E-state index contributed by atoms with van der Waals surface area (Å²) in [5.41, 5.74) is 2.51. The quantitative estimate of drug-likeness (QED) is 0.476. The molecule has 0 spiro atoms. The molecule has 1 aliphatic heterocycles. The lowest BCUT2D eigenvalue weighted by atomic mass is 10.1. The number of hydrogen-bond donors (Lipinski definition) is 2. The Morgan fingerprint density at radius 1 is 0.962 bits per heavy atom. The van der Waals surface area contributed by atoms with Crippen molar-refractivity contribution in [1.29, 1.82) is 0 Å². The average molecular weight is 353 g/mol. The summed E-state index contributed by atoms with van der Waals surface area (Å²) >= 11 is 0. The molecule has 0 saturated carbocycles. The summed E-state index contributed by atoms with van der Waals surface area (Å²) in [5.74, 6) is 2.47. The molecule has 138 valence electrons. The second-order valence-electron chi connectivity index (χ2n) is 6.27. The highest BCUT2D eigenvalue weighted by molar-refractivity contribution is 5.79. The molecule has 0 atom stereocenters. The first-order chi connectivity index (χ1) is 12.8. The molecule has 0 radical (unpaired) electrons. The van der Waals surface area contributed by atoms with E-state index >= 15 is 0 Å². The van der Waals surface area contributed by atoms with Crippen molar-refractivity contribution in [2.75, 3.05) is 26.8 Å². The largest absolute Gasteiger partial charge is 0.490 e. The number of nitrogens with one attached hydrogen (secondary N) is 2. The molecular weight excluding hydrogens is 326 g/mol. The van der Waals surface area contributed by atoms with Gasteiger partial charge < -0.3 is 20.1 Å². The van der Waals surface area contributed by atoms with Gasteiger partial charge in [-0.3, -0.25) is 4.99 Å². The predicted octanol–water partition coefficient (Wildman–Crippen LogP) is 3.15. The third-order valence-electron chi connectivity index (χ3n) is 4.27. The summed E-state index contributed by atoms with van der Waals surface area (Å²) in [5, 5.41) is 6.71. The van der Waals surface area contributed by atoms with Crippen LogP contribution in [0.3, 0.4) is 0 Å². The van der Waals surface area contributed by atoms with Crippen LogP contribution >= 0.6 is 0 Å². The molecule has 5 nitrogen and oxygen atoms in total. The lowest BCUT2D eigenvalue weighted by Crippen LogP contribution is -2.37. The van der Waals surface area contributed by atoms with Crippen molar-refractivity contribution in [2.24, 2.45) is 4.99 Å². The van der Waals surface area contributed by atoms with E-state index in [1.807, 2.05) is 18.2 Å². The summed E-state index contributed by atoms with van der Waals surface area (Å²) in [6, 6.07) is 16.6. The van der Waals surface area contributed by atoms with E-state index in [4.69, 9.17) is 9.47 Å². The van der Waals surface area contributed by atoms with E-state index < -0.39 is 0 Å². The highest BCUT2D eigenvalue weighted by atomic mass is 16.5. The topological polar surface area (TPSA) is 54.9 Å². The fourth-order valence-corrected chi connectivity index (χ4v) is 2.87. The number of nitrogens with zero attached hydrogens (tertiary/aromatic N) is 1. The Labute approximate surface area is 155 Å². The lowest BCUT2D eigenvalue weighted by molar-refractivity contribution is 0.297. The summed E-state index contributed by atoms with van der Waals surface area (Å²) < 4.78 is 11.4. The zero-order chi connectivity index (χ0) is 18.0. The van der Waals surface area contributed by atoms with Gasteiger partial charge in [-0.05, 0) is 36.1 Å². The van der Waals surface area contributed by atoms with Gasteiger partial charge >= 0.3 is 0 Å². The van der Waals surface area contributed by atoms with E-state index in [1.165, 1.54) is 5.56 Å². The maximum atomic E-state index is 5.75. The number of hydrogen-bond acceptors (Lipinski definition) is 3. The zero-order valence-corrected chi connectivity index (χ0v) is 15.3. The standard InChI is InChI=1S/C21H27N3O2/c1-22-21(23-12-5-9-17-7-3-2-4-8-17)24-16-18-10-11-19-20(15-18)26-14-6-13-25-19/h2-4,7-8,10-11,15H,5-6,9,12-14,16H2,1H3,(H2,22,23,24). The molecule has 5 heteroatoms. The van der Waals surface area contributed by atoms with Crippen LogP contribution in [0.2, 0.25) is 0 Å². The fraction of sp³-hybridized carbons (Fsp3) is 0.381. The number of rotatable bonds is 6. The number of guanidine groups is 1. The molecule has 0 saturated heterocycles. The Morgan fingerprint density at radius 2 is 1.77 bits per heavy atom. The van der Waals surface area contributed by atoms with Crippen molar-refractivity contribution < 1.29 is 9.47 Å². The average Bonchev–Trinajstić information content (AvgIpc) is 2.93. The molecule has 1 aliphatic rings. The minimum absolute atomic E-state index is 0.689. The zero-order valence-electron chi connectivity index (χ0n) is 15.3. The lowest BCUT2D eigenvalue weighted by Gasteiger charge is -2.13. The van der Waals surface area contributed by atoms with Crippen molar-refractivity contribution in [2.45, 2.75) is 25.8 Å². The van der Waals surface area contributed by atoms with Crippen molar-refractivity contribution in [3.05, 3.63) is 59.7 Å². The smallest absolute Gasteiger partial charge is 0.191 e. The highest BCUT2D eigenvalue weighted by Gasteiger charge is 2.10. The van der Waals surface area contributed by atoms with Gasteiger partial charge in [0.25, 0.3) is 0 Å². The van der Waals surface area contributed by atoms with E-state index in [0.717, 1.165) is 48.8 Å². The number of ether oxygens (including phenoxy) is 2. The van der Waals surface area contributed by atoms with Gasteiger partial charge in [0.15, 0.2) is 17.5 Å². The van der Waals surface area contributed by atoms with Crippen LogP contribution in [0, 0.1) is 0 Å². The Hall–Kier alpha value is -2.69. The summed E-state index contributed by atoms with van der Waals surface area (Å²) in [7, 11) is 1.79. The van der Waals surface area contributed by atoms with Gasteiger partial charge in [0.1, 0.15) is 0 Å². The van der Waals surface area contributed by atoms with E-state index in [0.29, 0.717) is 19.8 Å². The maximum absolute atomic E-state index is 5.75. The van der Waals surface area contributed by atoms with Gasteiger partial charge in [0.05, 0.1) is 13.2 Å². The Kier molecular flexibility index (Phi) is 6.76. The van der Waals surface area contributed by atoms with Crippen LogP contribution in [-0.2, 0) is 13.0 Å². The van der Waals surface area contributed by atoms with Crippen LogP contribution in [0.4, 0.5) is 0 Å². The first-order valence-electron chi connectivity index (χ1n) is 9.22. The third kappa shape index (κ3) is 5.41. The van der Waals surface area contributed by atoms with Crippen LogP contribution in [0.1, 0.15) is 24.0 Å². The molecular formula is C21H27N3O2. The second kappa shape index (κ2) is 9.70. The first kappa shape index (κ1) is 18.1. The predicted molar refractivity (Wildman–Crippen MR) is 105 cm³/mol. The number of fused-ring (bicyclic) bond motifs is 1. The van der Waals surface area contributed by atoms with Crippen LogP contribution in [0.5, 0.6) is 11.5 Å². The minimum Gasteiger partial charge on any atom is -0.490 e. The second-order valence-corrected chi connectivity index (χ2v) is 6.27. The van der Waals surface area contributed by atoms with Crippen LogP contribution in [0.25, 0.3) is 0 Å². The van der Waals surface area contributed by atoms with Gasteiger partial charge in [0.2, 0.25) is 0 Å².